The minimum Gasteiger partial charge on any atom is -0.466 e. The summed E-state index contributed by atoms with van der Waals surface area (Å²) in [4.78, 5) is 0. The van der Waals surface area contributed by atoms with E-state index in [1.54, 1.807) is 6.92 Å². The van der Waals surface area contributed by atoms with Gasteiger partial charge in [0.2, 0.25) is 10.0 Å². The van der Waals surface area contributed by atoms with E-state index >= 15 is 0 Å². The van der Waals surface area contributed by atoms with Gasteiger partial charge in [-0.2, -0.15) is 0 Å². The molecule has 110 valence electrons. The zero-order chi connectivity index (χ0) is 14.6. The Kier molecular flexibility index (Phi) is 5.58. The van der Waals surface area contributed by atoms with Gasteiger partial charge in [0, 0.05) is 18.2 Å². The van der Waals surface area contributed by atoms with Gasteiger partial charge >= 0.3 is 0 Å². The summed E-state index contributed by atoms with van der Waals surface area (Å²) in [5, 5.41) is 2.58. The van der Waals surface area contributed by atoms with Crippen molar-refractivity contribution >= 4 is 10.0 Å². The number of rotatable bonds is 7. The molecule has 0 aliphatic rings. The fourth-order valence-corrected chi connectivity index (χ4v) is 3.15. The van der Waals surface area contributed by atoms with E-state index < -0.39 is 15.3 Å². The highest BCUT2D eigenvalue weighted by molar-refractivity contribution is 7.90. The average Bonchev–Trinajstić information content (AvgIpc) is 2.64. The molecule has 0 aliphatic carbocycles. The first-order valence-corrected chi connectivity index (χ1v) is 8.11. The zero-order valence-electron chi connectivity index (χ0n) is 12.3. The first-order chi connectivity index (χ1) is 8.77. The lowest BCUT2D eigenvalue weighted by atomic mass is 10.1. The molecule has 2 unspecified atom stereocenters. The Hall–Kier alpha value is -0.850. The van der Waals surface area contributed by atoms with Crippen molar-refractivity contribution in [3.63, 3.8) is 0 Å². The third-order valence-corrected chi connectivity index (χ3v) is 5.01. The van der Waals surface area contributed by atoms with Crippen LogP contribution in [0.15, 0.2) is 10.5 Å². The molecule has 1 aromatic heterocycles. The van der Waals surface area contributed by atoms with Crippen molar-refractivity contribution in [1.29, 1.82) is 0 Å². The molecule has 0 saturated carbocycles. The molecular formula is C13H24N2O3S. The Labute approximate surface area is 115 Å². The average molecular weight is 288 g/mol. The summed E-state index contributed by atoms with van der Waals surface area (Å²) in [6, 6.07) is 1.59. The first-order valence-electron chi connectivity index (χ1n) is 6.56. The Morgan fingerprint density at radius 1 is 1.32 bits per heavy atom. The quantitative estimate of drug-likeness (QED) is 0.803. The van der Waals surface area contributed by atoms with Crippen LogP contribution >= 0.6 is 0 Å². The van der Waals surface area contributed by atoms with E-state index in [0.29, 0.717) is 6.54 Å². The van der Waals surface area contributed by atoms with Crippen molar-refractivity contribution in [2.45, 2.75) is 45.9 Å². The Morgan fingerprint density at radius 2 is 1.95 bits per heavy atom. The van der Waals surface area contributed by atoms with E-state index in [9.17, 15) is 8.42 Å². The molecule has 0 saturated heterocycles. The number of aryl methyl sites for hydroxylation is 2. The summed E-state index contributed by atoms with van der Waals surface area (Å²) < 4.78 is 32.4. The molecule has 0 amide bonds. The second-order valence-corrected chi connectivity index (χ2v) is 7.00. The van der Waals surface area contributed by atoms with Crippen LogP contribution in [0.3, 0.4) is 0 Å². The van der Waals surface area contributed by atoms with Crippen LogP contribution in [0.2, 0.25) is 0 Å². The van der Waals surface area contributed by atoms with Crippen molar-refractivity contribution in [1.82, 2.24) is 10.0 Å². The van der Waals surface area contributed by atoms with Crippen LogP contribution < -0.4 is 10.0 Å². The van der Waals surface area contributed by atoms with E-state index in [4.69, 9.17) is 4.42 Å². The highest BCUT2D eigenvalue weighted by atomic mass is 32.2. The van der Waals surface area contributed by atoms with Crippen molar-refractivity contribution in [2.24, 2.45) is 0 Å². The topological polar surface area (TPSA) is 71.3 Å². The van der Waals surface area contributed by atoms with Crippen LogP contribution in [0.4, 0.5) is 0 Å². The van der Waals surface area contributed by atoms with Crippen LogP contribution in [0.1, 0.15) is 43.9 Å². The molecule has 1 aromatic rings. The molecule has 0 bridgehead atoms. The molecule has 0 aromatic carbocycles. The van der Waals surface area contributed by atoms with Gasteiger partial charge in [-0.15, -0.1) is 0 Å². The summed E-state index contributed by atoms with van der Waals surface area (Å²) in [5.41, 5.74) is 0.886. The molecule has 1 rings (SSSR count). The summed E-state index contributed by atoms with van der Waals surface area (Å²) >= 11 is 0. The molecule has 0 aliphatic heterocycles. The standard InChI is InChI=1S/C13H24N2O3S/c1-6-14-8-10(3)19(16,17)15-11(4)13-7-9(2)18-12(13)5/h7,10-11,14-15H,6,8H2,1-5H3. The van der Waals surface area contributed by atoms with Gasteiger partial charge in [-0.3, -0.25) is 0 Å². The van der Waals surface area contributed by atoms with E-state index in [-0.39, 0.29) is 6.04 Å². The Balaban J connectivity index is 2.75. The minimum atomic E-state index is -3.34. The van der Waals surface area contributed by atoms with E-state index in [2.05, 4.69) is 10.0 Å². The maximum atomic E-state index is 12.2. The van der Waals surface area contributed by atoms with Crippen molar-refractivity contribution in [2.75, 3.05) is 13.1 Å². The third-order valence-electron chi connectivity index (χ3n) is 3.10. The van der Waals surface area contributed by atoms with Crippen molar-refractivity contribution in [3.8, 4) is 0 Å². The van der Waals surface area contributed by atoms with Gasteiger partial charge in [0.1, 0.15) is 11.5 Å². The summed E-state index contributed by atoms with van der Waals surface area (Å²) in [7, 11) is -3.34. The van der Waals surface area contributed by atoms with Gasteiger partial charge in [-0.05, 0) is 40.3 Å². The van der Waals surface area contributed by atoms with E-state index in [0.717, 1.165) is 23.6 Å². The lowest BCUT2D eigenvalue weighted by Crippen LogP contribution is -2.40. The number of hydrogen-bond acceptors (Lipinski definition) is 4. The number of sulfonamides is 1. The second kappa shape index (κ2) is 6.54. The van der Waals surface area contributed by atoms with Gasteiger partial charge in [-0.25, -0.2) is 13.1 Å². The SMILES string of the molecule is CCNCC(C)S(=O)(=O)NC(C)c1cc(C)oc1C. The summed E-state index contributed by atoms with van der Waals surface area (Å²) in [5.74, 6) is 1.55. The maximum Gasteiger partial charge on any atom is 0.216 e. The highest BCUT2D eigenvalue weighted by Crippen LogP contribution is 2.22. The number of nitrogens with one attached hydrogen (secondary N) is 2. The molecule has 6 heteroatoms. The van der Waals surface area contributed by atoms with Gasteiger partial charge in [0.25, 0.3) is 0 Å². The van der Waals surface area contributed by atoms with Crippen molar-refractivity contribution in [3.05, 3.63) is 23.2 Å². The third kappa shape index (κ3) is 4.33. The predicted octanol–water partition coefficient (Wildman–Crippen LogP) is 1.87. The molecule has 0 spiro atoms. The molecular weight excluding hydrogens is 264 g/mol. The molecule has 0 radical (unpaired) electrons. The summed E-state index contributed by atoms with van der Waals surface area (Å²) in [6.45, 7) is 10.4. The molecule has 0 fully saturated rings. The van der Waals surface area contributed by atoms with Gasteiger partial charge in [-0.1, -0.05) is 6.92 Å². The largest absolute Gasteiger partial charge is 0.466 e. The molecule has 19 heavy (non-hydrogen) atoms. The zero-order valence-corrected chi connectivity index (χ0v) is 13.1. The van der Waals surface area contributed by atoms with E-state index in [1.807, 2.05) is 33.8 Å². The number of furan rings is 1. The second-order valence-electron chi connectivity index (χ2n) is 4.87. The first kappa shape index (κ1) is 16.2. The Morgan fingerprint density at radius 3 is 2.42 bits per heavy atom. The fraction of sp³-hybridized carbons (Fsp3) is 0.692. The molecule has 2 N–H and O–H groups in total. The van der Waals surface area contributed by atoms with Crippen molar-refractivity contribution < 1.29 is 12.8 Å². The van der Waals surface area contributed by atoms with Gasteiger partial charge in [0.05, 0.1) is 5.25 Å². The smallest absolute Gasteiger partial charge is 0.216 e. The predicted molar refractivity (Wildman–Crippen MR) is 76.7 cm³/mol. The minimum absolute atomic E-state index is 0.286. The van der Waals surface area contributed by atoms with Crippen LogP contribution in [0, 0.1) is 13.8 Å². The Bertz CT molecular complexity index is 508. The van der Waals surface area contributed by atoms with Crippen LogP contribution in [0.25, 0.3) is 0 Å². The lowest BCUT2D eigenvalue weighted by Gasteiger charge is -2.18. The van der Waals surface area contributed by atoms with Crippen LogP contribution in [0.5, 0.6) is 0 Å². The number of hydrogen-bond donors (Lipinski definition) is 2. The fourth-order valence-electron chi connectivity index (χ4n) is 1.96. The molecule has 5 nitrogen and oxygen atoms in total. The molecule has 1 heterocycles. The van der Waals surface area contributed by atoms with Crippen LogP contribution in [-0.2, 0) is 10.0 Å². The summed E-state index contributed by atoms with van der Waals surface area (Å²) in [6.07, 6.45) is 0. The van der Waals surface area contributed by atoms with Crippen LogP contribution in [-0.4, -0.2) is 26.8 Å². The monoisotopic (exact) mass is 288 g/mol. The molecule has 2 atom stereocenters. The normalized spacial score (nSPS) is 15.4. The highest BCUT2D eigenvalue weighted by Gasteiger charge is 2.24. The van der Waals surface area contributed by atoms with Gasteiger partial charge < -0.3 is 9.73 Å². The van der Waals surface area contributed by atoms with Gasteiger partial charge in [0.15, 0.2) is 0 Å². The maximum absolute atomic E-state index is 12.2. The van der Waals surface area contributed by atoms with E-state index in [1.165, 1.54) is 0 Å². The lowest BCUT2D eigenvalue weighted by molar-refractivity contribution is 0.495.